The van der Waals surface area contributed by atoms with E-state index in [1.807, 2.05) is 43.0 Å². The fourth-order valence-corrected chi connectivity index (χ4v) is 4.86. The van der Waals surface area contributed by atoms with Gasteiger partial charge in [-0.15, -0.1) is 0 Å². The number of amides is 2. The molecule has 1 heterocycles. The monoisotopic (exact) mass is 462 g/mol. The highest BCUT2D eigenvalue weighted by Crippen LogP contribution is 2.23. The third-order valence-electron chi connectivity index (χ3n) is 6.65. The highest BCUT2D eigenvalue weighted by atomic mass is 16.5. The third kappa shape index (κ3) is 6.11. The number of aryl methyl sites for hydroxylation is 2. The van der Waals surface area contributed by atoms with Gasteiger partial charge in [0.2, 0.25) is 5.91 Å². The molecule has 0 saturated carbocycles. The first-order valence-electron chi connectivity index (χ1n) is 12.3. The Labute approximate surface area is 201 Å². The van der Waals surface area contributed by atoms with Gasteiger partial charge in [0.25, 0.3) is 5.91 Å². The van der Waals surface area contributed by atoms with Gasteiger partial charge in [0, 0.05) is 43.6 Å². The molecule has 180 valence electrons. The molecule has 6 heteroatoms. The summed E-state index contributed by atoms with van der Waals surface area (Å²) in [5.74, 6) is -0.140. The summed E-state index contributed by atoms with van der Waals surface area (Å²) in [5.41, 5.74) is 4.88. The van der Waals surface area contributed by atoms with Crippen LogP contribution < -0.4 is 5.32 Å². The molecule has 34 heavy (non-hydrogen) atoms. The summed E-state index contributed by atoms with van der Waals surface area (Å²) in [6.45, 7) is 5.49. The summed E-state index contributed by atoms with van der Waals surface area (Å²) in [7, 11) is 0. The summed E-state index contributed by atoms with van der Waals surface area (Å²) >= 11 is 0. The molecule has 2 aromatic carbocycles. The van der Waals surface area contributed by atoms with Crippen LogP contribution in [-0.2, 0) is 28.9 Å². The van der Waals surface area contributed by atoms with Crippen LogP contribution in [0.4, 0.5) is 0 Å². The first kappa shape index (κ1) is 24.1. The maximum atomic E-state index is 12.8. The predicted molar refractivity (Wildman–Crippen MR) is 131 cm³/mol. The Morgan fingerprint density at radius 2 is 1.53 bits per heavy atom. The number of hydrogen-bond acceptors (Lipinski definition) is 4. The van der Waals surface area contributed by atoms with Crippen molar-refractivity contribution in [2.45, 2.75) is 71.1 Å². The number of morpholine rings is 1. The van der Waals surface area contributed by atoms with Crippen molar-refractivity contribution < 1.29 is 19.1 Å². The highest BCUT2D eigenvalue weighted by molar-refractivity contribution is 5.98. The molecule has 1 aliphatic carbocycles. The predicted octanol–water partition coefficient (Wildman–Crippen LogP) is 4.09. The molecule has 2 aliphatic rings. The number of rotatable bonds is 7. The van der Waals surface area contributed by atoms with Gasteiger partial charge in [-0.25, -0.2) is 0 Å². The van der Waals surface area contributed by atoms with E-state index in [0.717, 1.165) is 18.4 Å². The van der Waals surface area contributed by atoms with Crippen LogP contribution in [0.1, 0.15) is 76.9 Å². The molecular formula is C28H34N2O4. The topological polar surface area (TPSA) is 75.7 Å². The van der Waals surface area contributed by atoms with Crippen LogP contribution in [0.5, 0.6) is 0 Å². The maximum absolute atomic E-state index is 12.8. The van der Waals surface area contributed by atoms with E-state index in [1.165, 1.54) is 24.0 Å². The second kappa shape index (κ2) is 11.0. The number of carbonyl (C=O) groups is 3. The summed E-state index contributed by atoms with van der Waals surface area (Å²) in [4.78, 5) is 39.5. The smallest absolute Gasteiger partial charge is 0.254 e. The molecule has 1 N–H and O–H groups in total. The van der Waals surface area contributed by atoms with E-state index in [1.54, 1.807) is 12.1 Å². The quantitative estimate of drug-likeness (QED) is 0.629. The van der Waals surface area contributed by atoms with Gasteiger partial charge < -0.3 is 15.0 Å². The largest absolute Gasteiger partial charge is 0.372 e. The van der Waals surface area contributed by atoms with Gasteiger partial charge in [0.05, 0.1) is 12.2 Å². The van der Waals surface area contributed by atoms with E-state index in [0.29, 0.717) is 30.8 Å². The van der Waals surface area contributed by atoms with Gasteiger partial charge in [-0.3, -0.25) is 14.4 Å². The zero-order valence-corrected chi connectivity index (χ0v) is 20.1. The number of ketones is 1. The number of hydrogen-bond donors (Lipinski definition) is 1. The van der Waals surface area contributed by atoms with Crippen molar-refractivity contribution >= 4 is 17.6 Å². The molecule has 2 amide bonds. The Balaban J connectivity index is 1.23. The van der Waals surface area contributed by atoms with Crippen molar-refractivity contribution in [1.82, 2.24) is 10.2 Å². The van der Waals surface area contributed by atoms with Gasteiger partial charge >= 0.3 is 0 Å². The lowest BCUT2D eigenvalue weighted by Crippen LogP contribution is -2.48. The van der Waals surface area contributed by atoms with Gasteiger partial charge in [-0.1, -0.05) is 24.3 Å². The van der Waals surface area contributed by atoms with Crippen LogP contribution in [0.25, 0.3) is 0 Å². The zero-order valence-electron chi connectivity index (χ0n) is 20.1. The molecule has 4 rings (SSSR count). The molecule has 1 fully saturated rings. The van der Waals surface area contributed by atoms with E-state index in [9.17, 15) is 14.4 Å². The standard InChI is InChI=1S/C28H34N2O4/c1-19-17-30(18-20(2)34-19)28(33)23-9-7-21(8-10-23)16-29-27(32)14-13-26(31)25-12-11-22-5-3-4-6-24(22)15-25/h7-12,15,19-20H,3-6,13-14,16-18H2,1-2H3,(H,29,32). The van der Waals surface area contributed by atoms with Crippen molar-refractivity contribution in [3.63, 3.8) is 0 Å². The Morgan fingerprint density at radius 3 is 2.24 bits per heavy atom. The molecule has 2 unspecified atom stereocenters. The van der Waals surface area contributed by atoms with Crippen LogP contribution in [-0.4, -0.2) is 47.8 Å². The van der Waals surface area contributed by atoms with E-state index in [-0.39, 0.29) is 42.6 Å². The van der Waals surface area contributed by atoms with Crippen molar-refractivity contribution in [3.8, 4) is 0 Å². The van der Waals surface area contributed by atoms with Gasteiger partial charge in [0.15, 0.2) is 5.78 Å². The molecule has 0 bridgehead atoms. The third-order valence-corrected chi connectivity index (χ3v) is 6.65. The summed E-state index contributed by atoms with van der Waals surface area (Å²) in [6, 6.07) is 13.3. The second-order valence-corrected chi connectivity index (χ2v) is 9.55. The number of nitrogens with zero attached hydrogens (tertiary/aromatic N) is 1. The van der Waals surface area contributed by atoms with Crippen molar-refractivity contribution in [2.75, 3.05) is 13.1 Å². The normalized spacial score (nSPS) is 19.9. The molecule has 2 atom stereocenters. The molecule has 0 radical (unpaired) electrons. The lowest BCUT2D eigenvalue weighted by Gasteiger charge is -2.35. The van der Waals surface area contributed by atoms with Crippen molar-refractivity contribution in [2.24, 2.45) is 0 Å². The summed E-state index contributed by atoms with van der Waals surface area (Å²) in [6.07, 6.45) is 4.94. The van der Waals surface area contributed by atoms with Crippen LogP contribution in [0.3, 0.4) is 0 Å². The lowest BCUT2D eigenvalue weighted by molar-refractivity contribution is -0.121. The fraction of sp³-hybridized carbons (Fsp3) is 0.464. The van der Waals surface area contributed by atoms with E-state index < -0.39 is 0 Å². The maximum Gasteiger partial charge on any atom is 0.254 e. The number of fused-ring (bicyclic) bond motifs is 1. The zero-order chi connectivity index (χ0) is 24.1. The minimum atomic E-state index is -0.150. The van der Waals surface area contributed by atoms with Crippen molar-refractivity contribution in [3.05, 3.63) is 70.3 Å². The number of benzene rings is 2. The number of nitrogens with one attached hydrogen (secondary N) is 1. The summed E-state index contributed by atoms with van der Waals surface area (Å²) < 4.78 is 5.70. The Kier molecular flexibility index (Phi) is 7.78. The fourth-order valence-electron chi connectivity index (χ4n) is 4.86. The molecule has 0 aromatic heterocycles. The average molecular weight is 463 g/mol. The second-order valence-electron chi connectivity index (χ2n) is 9.55. The van der Waals surface area contributed by atoms with Crippen LogP contribution in [0, 0.1) is 0 Å². The molecule has 2 aromatic rings. The number of Topliss-reactive ketones (excluding diaryl/α,β-unsaturated/α-hetero) is 1. The number of ether oxygens (including phenoxy) is 1. The molecule has 1 aliphatic heterocycles. The van der Waals surface area contributed by atoms with Crippen LogP contribution in [0.15, 0.2) is 42.5 Å². The van der Waals surface area contributed by atoms with Crippen LogP contribution in [0.2, 0.25) is 0 Å². The number of carbonyl (C=O) groups excluding carboxylic acids is 3. The van der Waals surface area contributed by atoms with Gasteiger partial charge in [0.1, 0.15) is 0 Å². The minimum absolute atomic E-state index is 0.00160. The average Bonchev–Trinajstić information content (AvgIpc) is 2.85. The van der Waals surface area contributed by atoms with Crippen LogP contribution >= 0.6 is 0 Å². The molecule has 0 spiro atoms. The van der Waals surface area contributed by atoms with Crippen molar-refractivity contribution in [1.29, 1.82) is 0 Å². The minimum Gasteiger partial charge on any atom is -0.372 e. The Morgan fingerprint density at radius 1 is 0.882 bits per heavy atom. The van der Waals surface area contributed by atoms with Gasteiger partial charge in [-0.05, 0) is 74.4 Å². The molecular weight excluding hydrogens is 428 g/mol. The SMILES string of the molecule is CC1CN(C(=O)c2ccc(CNC(=O)CCC(=O)c3ccc4c(c3)CCCC4)cc2)CC(C)O1. The summed E-state index contributed by atoms with van der Waals surface area (Å²) in [5, 5.41) is 2.88. The first-order chi connectivity index (χ1) is 16.4. The molecule has 6 nitrogen and oxygen atoms in total. The Bertz CT molecular complexity index is 1040. The van der Waals surface area contributed by atoms with E-state index in [2.05, 4.69) is 11.4 Å². The Hall–Kier alpha value is -2.99. The molecule has 1 saturated heterocycles. The van der Waals surface area contributed by atoms with E-state index in [4.69, 9.17) is 4.74 Å². The highest BCUT2D eigenvalue weighted by Gasteiger charge is 2.26. The first-order valence-corrected chi connectivity index (χ1v) is 12.3. The van der Waals surface area contributed by atoms with Gasteiger partial charge in [-0.2, -0.15) is 0 Å². The lowest BCUT2D eigenvalue weighted by atomic mass is 9.89. The van der Waals surface area contributed by atoms with E-state index >= 15 is 0 Å².